The fourth-order valence-corrected chi connectivity index (χ4v) is 2.54. The SMILES string of the molecule is COc1cccc(NC(=S)Nc2ccn(Cc3cccc(F)c3)n2)c1. The first-order valence-corrected chi connectivity index (χ1v) is 8.03. The third-order valence-electron chi connectivity index (χ3n) is 3.44. The average Bonchev–Trinajstić information content (AvgIpc) is 3.01. The average molecular weight is 356 g/mol. The van der Waals surface area contributed by atoms with Crippen molar-refractivity contribution in [2.24, 2.45) is 0 Å². The molecule has 25 heavy (non-hydrogen) atoms. The van der Waals surface area contributed by atoms with Crippen molar-refractivity contribution in [2.45, 2.75) is 6.54 Å². The third kappa shape index (κ3) is 4.77. The van der Waals surface area contributed by atoms with Crippen LogP contribution in [0.5, 0.6) is 5.75 Å². The van der Waals surface area contributed by atoms with Gasteiger partial charge in [-0.05, 0) is 42.0 Å². The molecule has 128 valence electrons. The number of rotatable bonds is 5. The Hall–Kier alpha value is -2.93. The molecule has 3 rings (SSSR count). The Kier molecular flexibility index (Phi) is 5.25. The number of methoxy groups -OCH3 is 1. The Balaban J connectivity index is 1.59. The number of hydrogen-bond donors (Lipinski definition) is 2. The van der Waals surface area contributed by atoms with Crippen molar-refractivity contribution in [3.8, 4) is 5.75 Å². The first-order chi connectivity index (χ1) is 12.1. The van der Waals surface area contributed by atoms with Crippen LogP contribution >= 0.6 is 12.2 Å². The van der Waals surface area contributed by atoms with Gasteiger partial charge in [0.15, 0.2) is 10.9 Å². The molecule has 5 nitrogen and oxygen atoms in total. The van der Waals surface area contributed by atoms with Gasteiger partial charge in [-0.1, -0.05) is 18.2 Å². The zero-order valence-electron chi connectivity index (χ0n) is 13.6. The summed E-state index contributed by atoms with van der Waals surface area (Å²) >= 11 is 5.29. The molecule has 7 heteroatoms. The van der Waals surface area contributed by atoms with Crippen LogP contribution < -0.4 is 15.4 Å². The van der Waals surface area contributed by atoms with Gasteiger partial charge in [-0.2, -0.15) is 5.10 Å². The second-order valence-electron chi connectivity index (χ2n) is 5.34. The molecular formula is C18H17FN4OS. The smallest absolute Gasteiger partial charge is 0.176 e. The molecule has 0 fully saturated rings. The van der Waals surface area contributed by atoms with Crippen LogP contribution in [0.1, 0.15) is 5.56 Å². The lowest BCUT2D eigenvalue weighted by Gasteiger charge is -2.09. The first-order valence-electron chi connectivity index (χ1n) is 7.62. The first kappa shape index (κ1) is 16.9. The molecule has 2 aromatic carbocycles. The van der Waals surface area contributed by atoms with Crippen molar-refractivity contribution in [1.82, 2.24) is 9.78 Å². The predicted octanol–water partition coefficient (Wildman–Crippen LogP) is 3.89. The van der Waals surface area contributed by atoms with E-state index in [-0.39, 0.29) is 5.82 Å². The summed E-state index contributed by atoms with van der Waals surface area (Å²) in [5, 5.41) is 10.9. The number of nitrogens with one attached hydrogen (secondary N) is 2. The minimum absolute atomic E-state index is 0.258. The topological polar surface area (TPSA) is 51.1 Å². The Labute approximate surface area is 150 Å². The molecule has 0 aliphatic rings. The summed E-state index contributed by atoms with van der Waals surface area (Å²) in [6.07, 6.45) is 1.81. The molecule has 2 N–H and O–H groups in total. The van der Waals surface area contributed by atoms with Gasteiger partial charge in [0.1, 0.15) is 11.6 Å². The van der Waals surface area contributed by atoms with E-state index in [0.29, 0.717) is 17.5 Å². The summed E-state index contributed by atoms with van der Waals surface area (Å²) in [6, 6.07) is 15.7. The normalized spacial score (nSPS) is 10.3. The van der Waals surface area contributed by atoms with Gasteiger partial charge < -0.3 is 15.4 Å². The van der Waals surface area contributed by atoms with Crippen molar-refractivity contribution in [3.05, 3.63) is 72.2 Å². The molecular weight excluding hydrogens is 339 g/mol. The lowest BCUT2D eigenvalue weighted by molar-refractivity contribution is 0.415. The van der Waals surface area contributed by atoms with Gasteiger partial charge in [-0.25, -0.2) is 4.39 Å². The summed E-state index contributed by atoms with van der Waals surface area (Å²) in [4.78, 5) is 0. The number of thiocarbonyl (C=S) groups is 1. The highest BCUT2D eigenvalue weighted by Gasteiger charge is 2.04. The van der Waals surface area contributed by atoms with E-state index in [4.69, 9.17) is 17.0 Å². The molecule has 3 aromatic rings. The predicted molar refractivity (Wildman–Crippen MR) is 101 cm³/mol. The summed E-state index contributed by atoms with van der Waals surface area (Å²) in [5.41, 5.74) is 1.66. The Bertz CT molecular complexity index is 881. The van der Waals surface area contributed by atoms with E-state index in [0.717, 1.165) is 17.0 Å². The van der Waals surface area contributed by atoms with E-state index in [1.165, 1.54) is 12.1 Å². The molecule has 0 aliphatic heterocycles. The van der Waals surface area contributed by atoms with Crippen LogP contribution in [-0.4, -0.2) is 22.0 Å². The summed E-state index contributed by atoms with van der Waals surface area (Å²) < 4.78 is 20.1. The Morgan fingerprint density at radius 1 is 1.16 bits per heavy atom. The highest BCUT2D eigenvalue weighted by Crippen LogP contribution is 2.17. The maximum absolute atomic E-state index is 13.2. The van der Waals surface area contributed by atoms with Crippen molar-refractivity contribution in [2.75, 3.05) is 17.7 Å². The zero-order valence-corrected chi connectivity index (χ0v) is 14.4. The van der Waals surface area contributed by atoms with Gasteiger partial charge in [0.25, 0.3) is 0 Å². The van der Waals surface area contributed by atoms with E-state index in [1.54, 1.807) is 30.1 Å². The quantitative estimate of drug-likeness (QED) is 0.680. The van der Waals surface area contributed by atoms with Gasteiger partial charge in [-0.15, -0.1) is 0 Å². The second kappa shape index (κ2) is 7.76. The maximum Gasteiger partial charge on any atom is 0.176 e. The van der Waals surface area contributed by atoms with Crippen molar-refractivity contribution in [3.63, 3.8) is 0 Å². The largest absolute Gasteiger partial charge is 0.497 e. The van der Waals surface area contributed by atoms with Crippen molar-refractivity contribution >= 4 is 28.8 Å². The molecule has 0 spiro atoms. The summed E-state index contributed by atoms with van der Waals surface area (Å²) in [5.74, 6) is 1.09. The molecule has 0 unspecified atom stereocenters. The highest BCUT2D eigenvalue weighted by atomic mass is 32.1. The fourth-order valence-electron chi connectivity index (χ4n) is 2.32. The Morgan fingerprint density at radius 3 is 2.80 bits per heavy atom. The number of nitrogens with zero attached hydrogens (tertiary/aromatic N) is 2. The third-order valence-corrected chi connectivity index (χ3v) is 3.65. The highest BCUT2D eigenvalue weighted by molar-refractivity contribution is 7.80. The van der Waals surface area contributed by atoms with E-state index in [1.807, 2.05) is 30.3 Å². The molecule has 0 aliphatic carbocycles. The molecule has 1 aromatic heterocycles. The van der Waals surface area contributed by atoms with Crippen LogP contribution in [0.4, 0.5) is 15.9 Å². The number of aromatic nitrogens is 2. The van der Waals surface area contributed by atoms with Crippen molar-refractivity contribution < 1.29 is 9.13 Å². The van der Waals surface area contributed by atoms with Crippen molar-refractivity contribution in [1.29, 1.82) is 0 Å². The van der Waals surface area contributed by atoms with Crippen LogP contribution in [0.15, 0.2) is 60.8 Å². The van der Waals surface area contributed by atoms with E-state index in [2.05, 4.69) is 15.7 Å². The zero-order chi connectivity index (χ0) is 17.6. The van der Waals surface area contributed by atoms with Gasteiger partial charge in [-0.3, -0.25) is 4.68 Å². The molecule has 0 atom stereocenters. The van der Waals surface area contributed by atoms with E-state index in [9.17, 15) is 4.39 Å². The van der Waals surface area contributed by atoms with E-state index < -0.39 is 0 Å². The second-order valence-corrected chi connectivity index (χ2v) is 5.75. The number of anilines is 2. The summed E-state index contributed by atoms with van der Waals surface area (Å²) in [6.45, 7) is 0.482. The van der Waals surface area contributed by atoms with Crippen LogP contribution in [0.2, 0.25) is 0 Å². The molecule has 0 amide bonds. The standard InChI is InChI=1S/C18H17FN4OS/c1-24-16-7-3-6-15(11-16)20-18(25)21-17-8-9-23(22-17)12-13-4-2-5-14(19)10-13/h2-11H,12H2,1H3,(H2,20,21,22,25). The lowest BCUT2D eigenvalue weighted by Crippen LogP contribution is -2.19. The molecule has 0 saturated heterocycles. The minimum Gasteiger partial charge on any atom is -0.497 e. The van der Waals surface area contributed by atoms with Crippen LogP contribution in [0.25, 0.3) is 0 Å². The monoisotopic (exact) mass is 356 g/mol. The Morgan fingerprint density at radius 2 is 2.00 bits per heavy atom. The number of hydrogen-bond acceptors (Lipinski definition) is 3. The van der Waals surface area contributed by atoms with Gasteiger partial charge in [0.05, 0.1) is 13.7 Å². The van der Waals surface area contributed by atoms with E-state index >= 15 is 0 Å². The fraction of sp³-hybridized carbons (Fsp3) is 0.111. The van der Waals surface area contributed by atoms with Gasteiger partial charge >= 0.3 is 0 Å². The van der Waals surface area contributed by atoms with Crippen LogP contribution in [0.3, 0.4) is 0 Å². The number of ether oxygens (including phenoxy) is 1. The number of benzene rings is 2. The molecule has 1 heterocycles. The molecule has 0 radical (unpaired) electrons. The minimum atomic E-state index is -0.258. The van der Waals surface area contributed by atoms with Crippen LogP contribution in [-0.2, 0) is 6.54 Å². The lowest BCUT2D eigenvalue weighted by atomic mass is 10.2. The summed E-state index contributed by atoms with van der Waals surface area (Å²) in [7, 11) is 1.61. The molecule has 0 bridgehead atoms. The maximum atomic E-state index is 13.2. The van der Waals surface area contributed by atoms with Gasteiger partial charge in [0, 0.05) is 24.0 Å². The van der Waals surface area contributed by atoms with Crippen LogP contribution in [0, 0.1) is 5.82 Å². The molecule has 0 saturated carbocycles. The number of halogens is 1. The van der Waals surface area contributed by atoms with Gasteiger partial charge in [0.2, 0.25) is 0 Å².